The standard InChI is InChI=1S/C13H21FN2O2/c1-2-16(5-7-18-8-6-17)10-11-3-4-12(14)9-13(11)15/h3-4,9,17H,2,5-8,10,15H2,1H3. The van der Waals surface area contributed by atoms with Gasteiger partial charge in [0.1, 0.15) is 5.82 Å². The van der Waals surface area contributed by atoms with Crippen LogP contribution < -0.4 is 5.73 Å². The van der Waals surface area contributed by atoms with Gasteiger partial charge in [0.25, 0.3) is 0 Å². The van der Waals surface area contributed by atoms with Crippen LogP contribution in [-0.2, 0) is 11.3 Å². The van der Waals surface area contributed by atoms with E-state index >= 15 is 0 Å². The molecule has 0 aromatic heterocycles. The lowest BCUT2D eigenvalue weighted by Crippen LogP contribution is -2.27. The van der Waals surface area contributed by atoms with Gasteiger partial charge < -0.3 is 15.6 Å². The summed E-state index contributed by atoms with van der Waals surface area (Å²) in [5.41, 5.74) is 7.16. The van der Waals surface area contributed by atoms with E-state index in [1.807, 2.05) is 6.92 Å². The molecule has 0 aliphatic heterocycles. The van der Waals surface area contributed by atoms with Crippen LogP contribution in [0.2, 0.25) is 0 Å². The fourth-order valence-electron chi connectivity index (χ4n) is 1.66. The monoisotopic (exact) mass is 256 g/mol. The number of hydrogen-bond acceptors (Lipinski definition) is 4. The molecule has 0 heterocycles. The fraction of sp³-hybridized carbons (Fsp3) is 0.538. The highest BCUT2D eigenvalue weighted by molar-refractivity contribution is 5.46. The molecule has 18 heavy (non-hydrogen) atoms. The number of halogens is 1. The molecule has 0 amide bonds. The van der Waals surface area contributed by atoms with Crippen LogP contribution in [0.15, 0.2) is 18.2 Å². The van der Waals surface area contributed by atoms with Gasteiger partial charge in [-0.2, -0.15) is 0 Å². The van der Waals surface area contributed by atoms with Crippen molar-refractivity contribution in [2.45, 2.75) is 13.5 Å². The van der Waals surface area contributed by atoms with Crippen molar-refractivity contribution in [3.8, 4) is 0 Å². The summed E-state index contributed by atoms with van der Waals surface area (Å²) in [5, 5.41) is 8.60. The number of hydrogen-bond donors (Lipinski definition) is 2. The lowest BCUT2D eigenvalue weighted by Gasteiger charge is -2.21. The molecule has 5 heteroatoms. The molecule has 4 nitrogen and oxygen atoms in total. The molecule has 1 rings (SSSR count). The van der Waals surface area contributed by atoms with Gasteiger partial charge in [0.15, 0.2) is 0 Å². The fourth-order valence-corrected chi connectivity index (χ4v) is 1.66. The summed E-state index contributed by atoms with van der Waals surface area (Å²) >= 11 is 0. The normalized spacial score (nSPS) is 11.1. The van der Waals surface area contributed by atoms with E-state index in [1.54, 1.807) is 6.07 Å². The third kappa shape index (κ3) is 5.00. The number of nitrogens with zero attached hydrogens (tertiary/aromatic N) is 1. The molecule has 3 N–H and O–H groups in total. The molecule has 0 atom stereocenters. The van der Waals surface area contributed by atoms with Gasteiger partial charge in [-0.25, -0.2) is 4.39 Å². The van der Waals surface area contributed by atoms with Crippen molar-refractivity contribution in [1.82, 2.24) is 4.90 Å². The molecule has 0 saturated carbocycles. The zero-order valence-electron chi connectivity index (χ0n) is 10.7. The predicted molar refractivity (Wildman–Crippen MR) is 69.7 cm³/mol. The first kappa shape index (κ1) is 14.9. The smallest absolute Gasteiger partial charge is 0.125 e. The quantitative estimate of drug-likeness (QED) is 0.543. The first-order valence-corrected chi connectivity index (χ1v) is 6.12. The van der Waals surface area contributed by atoms with Gasteiger partial charge in [-0.15, -0.1) is 0 Å². The van der Waals surface area contributed by atoms with Crippen molar-refractivity contribution in [1.29, 1.82) is 0 Å². The van der Waals surface area contributed by atoms with E-state index in [-0.39, 0.29) is 12.4 Å². The van der Waals surface area contributed by atoms with E-state index in [4.69, 9.17) is 15.6 Å². The molecule has 0 bridgehead atoms. The maximum atomic E-state index is 12.9. The Balaban J connectivity index is 2.46. The summed E-state index contributed by atoms with van der Waals surface area (Å²) in [6.07, 6.45) is 0. The first-order chi connectivity index (χ1) is 8.67. The van der Waals surface area contributed by atoms with Crippen LogP contribution >= 0.6 is 0 Å². The molecule has 1 aromatic carbocycles. The number of anilines is 1. The molecule has 102 valence electrons. The molecule has 0 fully saturated rings. The highest BCUT2D eigenvalue weighted by Gasteiger charge is 2.07. The molecule has 0 spiro atoms. The zero-order chi connectivity index (χ0) is 13.4. The van der Waals surface area contributed by atoms with Crippen LogP contribution in [0.5, 0.6) is 0 Å². The van der Waals surface area contributed by atoms with Crippen molar-refractivity contribution in [2.75, 3.05) is 38.6 Å². The van der Waals surface area contributed by atoms with Crippen molar-refractivity contribution in [3.63, 3.8) is 0 Å². The minimum Gasteiger partial charge on any atom is -0.398 e. The molecule has 0 saturated heterocycles. The van der Waals surface area contributed by atoms with E-state index in [9.17, 15) is 4.39 Å². The van der Waals surface area contributed by atoms with Gasteiger partial charge in [0, 0.05) is 18.8 Å². The van der Waals surface area contributed by atoms with Crippen LogP contribution in [0.1, 0.15) is 12.5 Å². The maximum absolute atomic E-state index is 12.9. The Kier molecular flexibility index (Phi) is 6.64. The van der Waals surface area contributed by atoms with Crippen LogP contribution in [0.4, 0.5) is 10.1 Å². The number of nitrogen functional groups attached to an aromatic ring is 1. The second kappa shape index (κ2) is 8.02. The number of likely N-dealkylation sites (N-methyl/N-ethyl adjacent to an activating group) is 1. The maximum Gasteiger partial charge on any atom is 0.125 e. The third-order valence-electron chi connectivity index (χ3n) is 2.74. The van der Waals surface area contributed by atoms with Gasteiger partial charge in [-0.1, -0.05) is 13.0 Å². The highest BCUT2D eigenvalue weighted by Crippen LogP contribution is 2.15. The number of aliphatic hydroxyl groups excluding tert-OH is 1. The molecule has 0 unspecified atom stereocenters. The van der Waals surface area contributed by atoms with Crippen LogP contribution in [0, 0.1) is 5.82 Å². The largest absolute Gasteiger partial charge is 0.398 e. The van der Waals surface area contributed by atoms with Crippen LogP contribution in [0.3, 0.4) is 0 Å². The number of benzene rings is 1. The van der Waals surface area contributed by atoms with Crippen molar-refractivity contribution in [3.05, 3.63) is 29.6 Å². The van der Waals surface area contributed by atoms with Crippen LogP contribution in [-0.4, -0.2) is 42.9 Å². The molecule has 0 radical (unpaired) electrons. The number of rotatable bonds is 8. The minimum absolute atomic E-state index is 0.0387. The summed E-state index contributed by atoms with van der Waals surface area (Å²) in [6, 6.07) is 4.47. The van der Waals surface area contributed by atoms with Crippen molar-refractivity contribution >= 4 is 5.69 Å². The van der Waals surface area contributed by atoms with Crippen molar-refractivity contribution in [2.24, 2.45) is 0 Å². The lowest BCUT2D eigenvalue weighted by atomic mass is 10.1. The minimum atomic E-state index is -0.314. The molecular formula is C13H21FN2O2. The van der Waals surface area contributed by atoms with Gasteiger partial charge in [0.2, 0.25) is 0 Å². The van der Waals surface area contributed by atoms with Crippen molar-refractivity contribution < 1.29 is 14.2 Å². The lowest BCUT2D eigenvalue weighted by molar-refractivity contribution is 0.0732. The number of aliphatic hydroxyl groups is 1. The van der Waals surface area contributed by atoms with Gasteiger partial charge in [-0.3, -0.25) is 4.90 Å². The number of nitrogens with two attached hydrogens (primary N) is 1. The Labute approximate surface area is 107 Å². The Morgan fingerprint density at radius 2 is 2.17 bits per heavy atom. The Hall–Kier alpha value is -1.17. The summed E-state index contributed by atoms with van der Waals surface area (Å²) in [5.74, 6) is -0.314. The van der Waals surface area contributed by atoms with E-state index in [2.05, 4.69) is 4.90 Å². The average Bonchev–Trinajstić information content (AvgIpc) is 2.35. The van der Waals surface area contributed by atoms with Gasteiger partial charge in [0.05, 0.1) is 19.8 Å². The second-order valence-electron chi connectivity index (χ2n) is 4.05. The summed E-state index contributed by atoms with van der Waals surface area (Å²) in [7, 11) is 0. The molecule has 0 aliphatic carbocycles. The average molecular weight is 256 g/mol. The second-order valence-corrected chi connectivity index (χ2v) is 4.05. The summed E-state index contributed by atoms with van der Waals surface area (Å²) in [4.78, 5) is 2.15. The Morgan fingerprint density at radius 3 is 2.78 bits per heavy atom. The van der Waals surface area contributed by atoms with E-state index < -0.39 is 0 Å². The van der Waals surface area contributed by atoms with Gasteiger partial charge >= 0.3 is 0 Å². The zero-order valence-corrected chi connectivity index (χ0v) is 10.7. The summed E-state index contributed by atoms with van der Waals surface area (Å²) < 4.78 is 18.1. The molecule has 1 aromatic rings. The summed E-state index contributed by atoms with van der Waals surface area (Å²) in [6.45, 7) is 5.30. The Bertz CT molecular complexity index is 361. The predicted octanol–water partition coefficient (Wildman–Crippen LogP) is 1.24. The highest BCUT2D eigenvalue weighted by atomic mass is 19.1. The van der Waals surface area contributed by atoms with Crippen LogP contribution in [0.25, 0.3) is 0 Å². The van der Waals surface area contributed by atoms with E-state index in [0.29, 0.717) is 25.4 Å². The third-order valence-corrected chi connectivity index (χ3v) is 2.74. The first-order valence-electron chi connectivity index (χ1n) is 6.12. The molecule has 0 aliphatic rings. The number of ether oxygens (including phenoxy) is 1. The van der Waals surface area contributed by atoms with E-state index in [0.717, 1.165) is 18.7 Å². The Morgan fingerprint density at radius 1 is 1.39 bits per heavy atom. The SMILES string of the molecule is CCN(CCOCCO)Cc1ccc(F)cc1N. The topological polar surface area (TPSA) is 58.7 Å². The molecular weight excluding hydrogens is 235 g/mol. The van der Waals surface area contributed by atoms with Gasteiger partial charge in [-0.05, 0) is 24.2 Å². The van der Waals surface area contributed by atoms with E-state index in [1.165, 1.54) is 12.1 Å².